The summed E-state index contributed by atoms with van der Waals surface area (Å²) in [5.74, 6) is -0.303. The van der Waals surface area contributed by atoms with E-state index < -0.39 is 34.4 Å². The third kappa shape index (κ3) is 3.59. The van der Waals surface area contributed by atoms with Crippen LogP contribution in [-0.4, -0.2) is 54.8 Å². The van der Waals surface area contributed by atoms with Crippen molar-refractivity contribution in [3.63, 3.8) is 0 Å². The molecule has 1 aliphatic heterocycles. The molecule has 2 aromatic rings. The summed E-state index contributed by atoms with van der Waals surface area (Å²) in [7, 11) is 0. The Balaban J connectivity index is 1.78. The zero-order valence-electron chi connectivity index (χ0n) is 13.0. The predicted octanol–water partition coefficient (Wildman–Crippen LogP) is -0.176. The lowest BCUT2D eigenvalue weighted by atomic mass is 10.1. The zero-order chi connectivity index (χ0) is 18.0. The van der Waals surface area contributed by atoms with Crippen molar-refractivity contribution in [2.24, 2.45) is 0 Å². The Kier molecular flexibility index (Phi) is 5.19. The summed E-state index contributed by atoms with van der Waals surface area (Å²) < 4.78 is 1.17. The highest BCUT2D eigenvalue weighted by Gasteiger charge is 2.43. The summed E-state index contributed by atoms with van der Waals surface area (Å²) in [6.45, 7) is -0.313. The van der Waals surface area contributed by atoms with Gasteiger partial charge in [-0.3, -0.25) is 9.36 Å². The predicted molar refractivity (Wildman–Crippen MR) is 92.4 cm³/mol. The first-order valence-electron chi connectivity index (χ1n) is 7.59. The van der Waals surface area contributed by atoms with E-state index in [0.29, 0.717) is 5.56 Å². The Bertz CT molecular complexity index is 813. The number of aromatic nitrogens is 2. The number of hydrogen-bond acceptors (Lipinski definition) is 7. The van der Waals surface area contributed by atoms with Gasteiger partial charge in [0.1, 0.15) is 17.3 Å². The second-order valence-electron chi connectivity index (χ2n) is 5.55. The molecule has 8 nitrogen and oxygen atoms in total. The van der Waals surface area contributed by atoms with Crippen molar-refractivity contribution in [2.45, 2.75) is 22.8 Å². The number of rotatable bonds is 4. The van der Waals surface area contributed by atoms with Gasteiger partial charge in [-0.15, -0.1) is 11.8 Å². The standard InChI is InChI=1S/C16H17N3O5S/c20-8-10-12(21)13(22)15(25-10)19-7-6-11(18-16(19)24)17-14(23)9-4-2-1-3-5-9/h1-7,10,12-13,15,20-22H,8H2,(H,17,18,23,24)/t10-,12-,13-,15-/m1/s1. The van der Waals surface area contributed by atoms with Crippen LogP contribution in [0.15, 0.2) is 47.4 Å². The molecule has 9 heteroatoms. The molecular formula is C16H17N3O5S. The van der Waals surface area contributed by atoms with Crippen molar-refractivity contribution in [1.29, 1.82) is 0 Å². The van der Waals surface area contributed by atoms with Gasteiger partial charge in [0.15, 0.2) is 0 Å². The number of nitrogens with zero attached hydrogens (tertiary/aromatic N) is 2. The van der Waals surface area contributed by atoms with Gasteiger partial charge in [-0.25, -0.2) is 4.79 Å². The van der Waals surface area contributed by atoms with Crippen LogP contribution in [0.1, 0.15) is 15.7 Å². The third-order valence-electron chi connectivity index (χ3n) is 3.90. The summed E-state index contributed by atoms with van der Waals surface area (Å²) in [5.41, 5.74) is -0.239. The minimum Gasteiger partial charge on any atom is -0.395 e. The summed E-state index contributed by atoms with van der Waals surface area (Å²) in [5, 5.41) is 30.3. The second-order valence-corrected chi connectivity index (χ2v) is 6.91. The number of nitrogens with one attached hydrogen (secondary N) is 1. The lowest BCUT2D eigenvalue weighted by molar-refractivity contribution is 0.0101. The molecule has 132 valence electrons. The minimum absolute atomic E-state index is 0.0897. The second kappa shape index (κ2) is 7.36. The van der Waals surface area contributed by atoms with Crippen LogP contribution in [0.25, 0.3) is 0 Å². The maximum atomic E-state index is 12.2. The maximum absolute atomic E-state index is 12.2. The Hall–Kier alpha value is -2.20. The van der Waals surface area contributed by atoms with Gasteiger partial charge in [0.2, 0.25) is 0 Å². The number of carbonyl (C=O) groups excluding carboxylic acids is 1. The van der Waals surface area contributed by atoms with Crippen LogP contribution >= 0.6 is 11.8 Å². The van der Waals surface area contributed by atoms with Crippen LogP contribution in [0, 0.1) is 0 Å². The van der Waals surface area contributed by atoms with Crippen molar-refractivity contribution in [2.75, 3.05) is 11.9 Å². The molecule has 0 unspecified atom stereocenters. The molecule has 2 heterocycles. The Morgan fingerprint density at radius 1 is 1.20 bits per heavy atom. The van der Waals surface area contributed by atoms with Gasteiger partial charge in [0.25, 0.3) is 5.91 Å². The molecule has 25 heavy (non-hydrogen) atoms. The van der Waals surface area contributed by atoms with Gasteiger partial charge in [0.05, 0.1) is 18.0 Å². The van der Waals surface area contributed by atoms with Gasteiger partial charge in [-0.2, -0.15) is 4.98 Å². The molecule has 1 aromatic carbocycles. The summed E-state index contributed by atoms with van der Waals surface area (Å²) in [6.07, 6.45) is -0.945. The first-order chi connectivity index (χ1) is 12.0. The molecule has 3 rings (SSSR count). The molecule has 4 N–H and O–H groups in total. The molecule has 1 saturated heterocycles. The average Bonchev–Trinajstić information content (AvgIpc) is 2.91. The number of aliphatic hydroxyl groups excluding tert-OH is 3. The van der Waals surface area contributed by atoms with Crippen LogP contribution in [0.2, 0.25) is 0 Å². The van der Waals surface area contributed by atoms with Gasteiger partial charge < -0.3 is 20.6 Å². The molecule has 1 amide bonds. The van der Waals surface area contributed by atoms with Crippen molar-refractivity contribution >= 4 is 23.5 Å². The van der Waals surface area contributed by atoms with Crippen LogP contribution in [0.5, 0.6) is 0 Å². The Labute approximate surface area is 147 Å². The monoisotopic (exact) mass is 363 g/mol. The first kappa shape index (κ1) is 17.6. The van der Waals surface area contributed by atoms with E-state index >= 15 is 0 Å². The van der Waals surface area contributed by atoms with Crippen molar-refractivity contribution in [3.8, 4) is 0 Å². The molecule has 1 aromatic heterocycles. The van der Waals surface area contributed by atoms with Crippen molar-refractivity contribution in [3.05, 3.63) is 58.6 Å². The fourth-order valence-electron chi connectivity index (χ4n) is 2.56. The summed E-state index contributed by atoms with van der Waals surface area (Å²) in [6, 6.07) is 9.95. The SMILES string of the molecule is O=C(Nc1ccn([C@@H]2S[C@H](CO)[C@@H](O)[C@H]2O)c(=O)n1)c1ccccc1. The molecule has 0 spiro atoms. The molecular weight excluding hydrogens is 346 g/mol. The number of amides is 1. The van der Waals surface area contributed by atoms with Gasteiger partial charge >= 0.3 is 5.69 Å². The highest BCUT2D eigenvalue weighted by molar-refractivity contribution is 8.00. The highest BCUT2D eigenvalue weighted by Crippen LogP contribution is 2.40. The minimum atomic E-state index is -1.20. The Morgan fingerprint density at radius 3 is 2.52 bits per heavy atom. The molecule has 1 aliphatic rings. The molecule has 0 saturated carbocycles. The lowest BCUT2D eigenvalue weighted by Gasteiger charge is -2.17. The largest absolute Gasteiger partial charge is 0.395 e. The van der Waals surface area contributed by atoms with Crippen LogP contribution in [0.4, 0.5) is 5.82 Å². The zero-order valence-corrected chi connectivity index (χ0v) is 13.8. The quantitative estimate of drug-likeness (QED) is 0.594. The lowest BCUT2D eigenvalue weighted by Crippen LogP contribution is -2.36. The van der Waals surface area contributed by atoms with Gasteiger partial charge in [-0.05, 0) is 18.2 Å². The normalized spacial score (nSPS) is 25.7. The van der Waals surface area contributed by atoms with Gasteiger partial charge in [-0.1, -0.05) is 18.2 Å². The number of aliphatic hydroxyl groups is 3. The molecule has 0 bridgehead atoms. The van der Waals surface area contributed by atoms with Crippen LogP contribution in [0.3, 0.4) is 0 Å². The van der Waals surface area contributed by atoms with Gasteiger partial charge in [0, 0.05) is 11.8 Å². The van der Waals surface area contributed by atoms with E-state index in [0.717, 1.165) is 11.8 Å². The van der Waals surface area contributed by atoms with Crippen molar-refractivity contribution in [1.82, 2.24) is 9.55 Å². The molecule has 1 fully saturated rings. The highest BCUT2D eigenvalue weighted by atomic mass is 32.2. The van der Waals surface area contributed by atoms with E-state index in [4.69, 9.17) is 0 Å². The number of anilines is 1. The number of carbonyl (C=O) groups is 1. The van der Waals surface area contributed by atoms with E-state index in [1.54, 1.807) is 30.3 Å². The topological polar surface area (TPSA) is 125 Å². The van der Waals surface area contributed by atoms with E-state index in [9.17, 15) is 24.9 Å². The number of hydrogen-bond donors (Lipinski definition) is 4. The number of thioether (sulfide) groups is 1. The smallest absolute Gasteiger partial charge is 0.350 e. The summed E-state index contributed by atoms with van der Waals surface area (Å²) >= 11 is 1.10. The molecule has 0 aliphatic carbocycles. The van der Waals surface area contributed by atoms with Crippen LogP contribution < -0.4 is 11.0 Å². The van der Waals surface area contributed by atoms with E-state index in [-0.39, 0.29) is 12.4 Å². The van der Waals surface area contributed by atoms with Crippen LogP contribution in [-0.2, 0) is 0 Å². The van der Waals surface area contributed by atoms with E-state index in [2.05, 4.69) is 10.3 Å². The molecule has 4 atom stereocenters. The van der Waals surface area contributed by atoms with E-state index in [1.165, 1.54) is 16.8 Å². The maximum Gasteiger partial charge on any atom is 0.350 e. The molecule has 0 radical (unpaired) electrons. The fraction of sp³-hybridized carbons (Fsp3) is 0.312. The summed E-state index contributed by atoms with van der Waals surface area (Å²) in [4.78, 5) is 28.1. The third-order valence-corrected chi connectivity index (χ3v) is 5.46. The fourth-order valence-corrected chi connectivity index (χ4v) is 3.94. The Morgan fingerprint density at radius 2 is 1.92 bits per heavy atom. The number of benzene rings is 1. The van der Waals surface area contributed by atoms with Crippen molar-refractivity contribution < 1.29 is 20.1 Å². The average molecular weight is 363 g/mol. The first-order valence-corrected chi connectivity index (χ1v) is 8.53. The van der Waals surface area contributed by atoms with E-state index in [1.807, 2.05) is 0 Å².